The quantitative estimate of drug-likeness (QED) is 0.242. The SMILES string of the molecule is CCCCCCCCCOC(=O)C(C)(C)C(=O)OCc1ccc2ccccc2c1. The first-order chi connectivity index (χ1) is 13.9. The molecule has 2 aromatic carbocycles. The molecule has 0 amide bonds. The monoisotopic (exact) mass is 398 g/mol. The van der Waals surface area contributed by atoms with Crippen molar-refractivity contribution in [2.45, 2.75) is 72.3 Å². The van der Waals surface area contributed by atoms with Gasteiger partial charge < -0.3 is 9.47 Å². The topological polar surface area (TPSA) is 52.6 Å². The predicted molar refractivity (Wildman–Crippen MR) is 116 cm³/mol. The van der Waals surface area contributed by atoms with E-state index in [-0.39, 0.29) is 6.61 Å². The van der Waals surface area contributed by atoms with Crippen LogP contribution in [0.2, 0.25) is 0 Å². The van der Waals surface area contributed by atoms with Crippen LogP contribution in [0.1, 0.15) is 71.3 Å². The van der Waals surface area contributed by atoms with Gasteiger partial charge in [-0.1, -0.05) is 81.8 Å². The Kier molecular flexibility index (Phi) is 9.17. The average Bonchev–Trinajstić information content (AvgIpc) is 2.73. The maximum absolute atomic E-state index is 12.5. The highest BCUT2D eigenvalue weighted by atomic mass is 16.6. The van der Waals surface area contributed by atoms with Gasteiger partial charge in [-0.25, -0.2) is 0 Å². The number of carbonyl (C=O) groups is 2. The van der Waals surface area contributed by atoms with Gasteiger partial charge in [0.25, 0.3) is 0 Å². The molecule has 0 aromatic heterocycles. The molecular formula is C25H34O4. The van der Waals surface area contributed by atoms with Gasteiger partial charge in [0, 0.05) is 0 Å². The lowest BCUT2D eigenvalue weighted by Crippen LogP contribution is -2.36. The molecule has 4 nitrogen and oxygen atoms in total. The first kappa shape index (κ1) is 22.9. The Morgan fingerprint density at radius 3 is 2.14 bits per heavy atom. The largest absolute Gasteiger partial charge is 0.465 e. The summed E-state index contributed by atoms with van der Waals surface area (Å²) in [5, 5.41) is 2.23. The molecule has 0 saturated heterocycles. The zero-order valence-electron chi connectivity index (χ0n) is 18.0. The number of rotatable bonds is 12. The fourth-order valence-corrected chi connectivity index (χ4v) is 3.15. The summed E-state index contributed by atoms with van der Waals surface area (Å²) in [5.74, 6) is -1.08. The number of benzene rings is 2. The van der Waals surface area contributed by atoms with Crippen molar-refractivity contribution in [1.29, 1.82) is 0 Å². The van der Waals surface area contributed by atoms with Crippen LogP contribution in [0.15, 0.2) is 42.5 Å². The van der Waals surface area contributed by atoms with Gasteiger partial charge in [-0.05, 0) is 42.7 Å². The van der Waals surface area contributed by atoms with E-state index >= 15 is 0 Å². The van der Waals surface area contributed by atoms with Crippen LogP contribution >= 0.6 is 0 Å². The van der Waals surface area contributed by atoms with Gasteiger partial charge >= 0.3 is 11.9 Å². The van der Waals surface area contributed by atoms with Crippen LogP contribution in [0.5, 0.6) is 0 Å². The van der Waals surface area contributed by atoms with E-state index in [0.717, 1.165) is 35.6 Å². The molecule has 0 atom stereocenters. The van der Waals surface area contributed by atoms with Crippen LogP contribution < -0.4 is 0 Å². The van der Waals surface area contributed by atoms with E-state index in [0.29, 0.717) is 6.61 Å². The standard InChI is InChI=1S/C25H34O4/c1-4-5-6-7-8-9-12-17-28-23(26)25(2,3)24(27)29-19-20-15-16-21-13-10-11-14-22(21)18-20/h10-11,13-16,18H,4-9,12,17,19H2,1-3H3. The molecule has 0 radical (unpaired) electrons. The van der Waals surface area contributed by atoms with Crippen molar-refractivity contribution >= 4 is 22.7 Å². The molecule has 0 aliphatic heterocycles. The van der Waals surface area contributed by atoms with Crippen LogP contribution in [-0.2, 0) is 25.7 Å². The first-order valence-electron chi connectivity index (χ1n) is 10.8. The molecule has 0 aliphatic carbocycles. The van der Waals surface area contributed by atoms with Crippen LogP contribution in [0, 0.1) is 5.41 Å². The van der Waals surface area contributed by atoms with E-state index < -0.39 is 17.4 Å². The zero-order valence-corrected chi connectivity index (χ0v) is 18.0. The third-order valence-corrected chi connectivity index (χ3v) is 5.19. The van der Waals surface area contributed by atoms with Gasteiger partial charge in [0.1, 0.15) is 6.61 Å². The molecule has 2 aromatic rings. The van der Waals surface area contributed by atoms with E-state index in [4.69, 9.17) is 9.47 Å². The summed E-state index contributed by atoms with van der Waals surface area (Å²) in [4.78, 5) is 24.8. The van der Waals surface area contributed by atoms with E-state index in [1.165, 1.54) is 25.7 Å². The number of unbranched alkanes of at least 4 members (excludes halogenated alkanes) is 6. The minimum atomic E-state index is -1.31. The second-order valence-corrected chi connectivity index (χ2v) is 8.14. The van der Waals surface area contributed by atoms with Crippen molar-refractivity contribution in [1.82, 2.24) is 0 Å². The summed E-state index contributed by atoms with van der Waals surface area (Å²) in [6.45, 7) is 5.81. The number of ether oxygens (including phenoxy) is 2. The fourth-order valence-electron chi connectivity index (χ4n) is 3.15. The number of esters is 2. The van der Waals surface area contributed by atoms with Crippen molar-refractivity contribution in [3.63, 3.8) is 0 Å². The summed E-state index contributed by atoms with van der Waals surface area (Å²) in [6.07, 6.45) is 8.06. The lowest BCUT2D eigenvalue weighted by Gasteiger charge is -2.21. The molecule has 0 fully saturated rings. The first-order valence-corrected chi connectivity index (χ1v) is 10.8. The molecule has 29 heavy (non-hydrogen) atoms. The second-order valence-electron chi connectivity index (χ2n) is 8.14. The Morgan fingerprint density at radius 1 is 0.793 bits per heavy atom. The van der Waals surface area contributed by atoms with E-state index in [1.807, 2.05) is 42.5 Å². The maximum atomic E-state index is 12.5. The van der Waals surface area contributed by atoms with Crippen molar-refractivity contribution in [3.05, 3.63) is 48.0 Å². The maximum Gasteiger partial charge on any atom is 0.323 e. The van der Waals surface area contributed by atoms with Gasteiger partial charge in [-0.2, -0.15) is 0 Å². The molecule has 0 heterocycles. The summed E-state index contributed by atoms with van der Waals surface area (Å²) < 4.78 is 10.7. The van der Waals surface area contributed by atoms with Crippen molar-refractivity contribution in [2.24, 2.45) is 5.41 Å². The summed E-state index contributed by atoms with van der Waals surface area (Å²) in [6, 6.07) is 13.9. The highest BCUT2D eigenvalue weighted by Crippen LogP contribution is 2.22. The number of hydrogen-bond donors (Lipinski definition) is 0. The number of fused-ring (bicyclic) bond motifs is 1. The molecule has 158 valence electrons. The summed E-state index contributed by atoms with van der Waals surface area (Å²) in [5.41, 5.74) is -0.415. The predicted octanol–water partition coefficient (Wildman–Crippen LogP) is 6.20. The van der Waals surface area contributed by atoms with E-state index in [1.54, 1.807) is 13.8 Å². The molecule has 0 saturated carbocycles. The van der Waals surface area contributed by atoms with Gasteiger partial charge in [0.05, 0.1) is 6.61 Å². The van der Waals surface area contributed by atoms with Gasteiger partial charge in [0.2, 0.25) is 0 Å². The number of carbonyl (C=O) groups excluding carboxylic acids is 2. The second kappa shape index (κ2) is 11.6. The molecule has 4 heteroatoms. The Balaban J connectivity index is 1.73. The molecule has 2 rings (SSSR count). The lowest BCUT2D eigenvalue weighted by molar-refractivity contribution is -0.170. The molecule has 0 bridgehead atoms. The van der Waals surface area contributed by atoms with Gasteiger partial charge in [0.15, 0.2) is 5.41 Å². The minimum absolute atomic E-state index is 0.137. The normalized spacial score (nSPS) is 11.4. The van der Waals surface area contributed by atoms with Gasteiger partial charge in [-0.3, -0.25) is 9.59 Å². The Morgan fingerprint density at radius 2 is 1.41 bits per heavy atom. The molecule has 0 N–H and O–H groups in total. The molecular weight excluding hydrogens is 364 g/mol. The van der Waals surface area contributed by atoms with Crippen LogP contribution in [-0.4, -0.2) is 18.5 Å². The van der Waals surface area contributed by atoms with E-state index in [2.05, 4.69) is 6.92 Å². The third-order valence-electron chi connectivity index (χ3n) is 5.19. The smallest absolute Gasteiger partial charge is 0.323 e. The summed E-state index contributed by atoms with van der Waals surface area (Å²) >= 11 is 0. The Hall–Kier alpha value is -2.36. The summed E-state index contributed by atoms with van der Waals surface area (Å²) in [7, 11) is 0. The van der Waals surface area contributed by atoms with Crippen molar-refractivity contribution in [2.75, 3.05) is 6.61 Å². The molecule has 0 aliphatic rings. The molecule has 0 unspecified atom stereocenters. The third kappa shape index (κ3) is 7.19. The molecule has 0 spiro atoms. The zero-order chi connectivity index (χ0) is 21.1. The van der Waals surface area contributed by atoms with E-state index in [9.17, 15) is 9.59 Å². The van der Waals surface area contributed by atoms with Crippen molar-refractivity contribution < 1.29 is 19.1 Å². The Bertz CT molecular complexity index is 794. The highest BCUT2D eigenvalue weighted by molar-refractivity contribution is 5.99. The number of hydrogen-bond acceptors (Lipinski definition) is 4. The fraction of sp³-hybridized carbons (Fsp3) is 0.520. The van der Waals surface area contributed by atoms with Gasteiger partial charge in [-0.15, -0.1) is 0 Å². The van der Waals surface area contributed by atoms with Crippen LogP contribution in [0.3, 0.4) is 0 Å². The minimum Gasteiger partial charge on any atom is -0.465 e. The lowest BCUT2D eigenvalue weighted by atomic mass is 9.94. The highest BCUT2D eigenvalue weighted by Gasteiger charge is 2.39. The van der Waals surface area contributed by atoms with Crippen LogP contribution in [0.4, 0.5) is 0 Å². The average molecular weight is 399 g/mol. The van der Waals surface area contributed by atoms with Crippen molar-refractivity contribution in [3.8, 4) is 0 Å². The van der Waals surface area contributed by atoms with Crippen LogP contribution in [0.25, 0.3) is 10.8 Å². The Labute approximate surface area is 174 Å².